The van der Waals surface area contributed by atoms with Crippen LogP contribution in [-0.2, 0) is 12.8 Å². The summed E-state index contributed by atoms with van der Waals surface area (Å²) < 4.78 is 5.18. The molecule has 0 aromatic heterocycles. The number of anilines is 3. The Kier molecular flexibility index (Phi) is 9.73. The molecule has 0 aliphatic carbocycles. The van der Waals surface area contributed by atoms with Crippen molar-refractivity contribution in [3.63, 3.8) is 0 Å². The molecule has 0 saturated carbocycles. The van der Waals surface area contributed by atoms with Gasteiger partial charge in [-0.25, -0.2) is 4.79 Å². The number of benzene rings is 4. The molecule has 0 spiro atoms. The first-order chi connectivity index (χ1) is 20.6. The van der Waals surface area contributed by atoms with Crippen LogP contribution in [0.1, 0.15) is 34.3 Å². The number of hydrogen-bond donors (Lipinski definition) is 3. The van der Waals surface area contributed by atoms with Crippen LogP contribution in [0.15, 0.2) is 103 Å². The zero-order chi connectivity index (χ0) is 29.1. The van der Waals surface area contributed by atoms with E-state index < -0.39 is 0 Å². The minimum Gasteiger partial charge on any atom is -0.497 e. The van der Waals surface area contributed by atoms with Crippen molar-refractivity contribution in [3.05, 3.63) is 120 Å². The monoisotopic (exact) mass is 562 g/mol. The van der Waals surface area contributed by atoms with Gasteiger partial charge in [0.25, 0.3) is 5.91 Å². The van der Waals surface area contributed by atoms with Crippen molar-refractivity contribution in [2.45, 2.75) is 25.7 Å². The number of carbonyl (C=O) groups excluding carboxylic acids is 2. The number of urea groups is 1. The fraction of sp³-hybridized carbons (Fsp3) is 0.257. The zero-order valence-corrected chi connectivity index (χ0v) is 24.0. The lowest BCUT2D eigenvalue weighted by atomic mass is 9.89. The van der Waals surface area contributed by atoms with Gasteiger partial charge in [-0.15, -0.1) is 0 Å². The summed E-state index contributed by atoms with van der Waals surface area (Å²) in [6.07, 6.45) is 3.95. The SMILES string of the molecule is COc1ccc(NC(=O)Nc2ccc(N3CCC(Cc4ccccc4)CC3)c(C(=O)NCCc3ccccc3)c2)cc1. The van der Waals surface area contributed by atoms with Crippen LogP contribution in [0.4, 0.5) is 21.9 Å². The molecule has 3 amide bonds. The molecule has 1 fully saturated rings. The highest BCUT2D eigenvalue weighted by Crippen LogP contribution is 2.30. The van der Waals surface area contributed by atoms with Gasteiger partial charge < -0.3 is 25.6 Å². The lowest BCUT2D eigenvalue weighted by Crippen LogP contribution is -2.36. The maximum Gasteiger partial charge on any atom is 0.323 e. The second kappa shape index (κ2) is 14.2. The number of carbonyl (C=O) groups is 2. The average molecular weight is 563 g/mol. The summed E-state index contributed by atoms with van der Waals surface area (Å²) in [4.78, 5) is 28.6. The van der Waals surface area contributed by atoms with Crippen LogP contribution < -0.4 is 25.6 Å². The van der Waals surface area contributed by atoms with E-state index in [1.165, 1.54) is 11.1 Å². The van der Waals surface area contributed by atoms with Crippen LogP contribution in [0, 0.1) is 5.92 Å². The molecule has 0 atom stereocenters. The van der Waals surface area contributed by atoms with Crippen LogP contribution in [0.25, 0.3) is 0 Å². The number of nitrogens with one attached hydrogen (secondary N) is 3. The number of ether oxygens (including phenoxy) is 1. The van der Waals surface area contributed by atoms with E-state index >= 15 is 0 Å². The lowest BCUT2D eigenvalue weighted by Gasteiger charge is -2.35. The molecule has 1 aliphatic heterocycles. The maximum absolute atomic E-state index is 13.5. The van der Waals surface area contributed by atoms with Crippen molar-refractivity contribution in [1.82, 2.24) is 5.32 Å². The van der Waals surface area contributed by atoms with Crippen molar-refractivity contribution in [2.24, 2.45) is 5.92 Å². The Labute approximate surface area is 247 Å². The minimum atomic E-state index is -0.384. The lowest BCUT2D eigenvalue weighted by molar-refractivity contribution is 0.0954. The van der Waals surface area contributed by atoms with Crippen LogP contribution in [0.2, 0.25) is 0 Å². The van der Waals surface area contributed by atoms with Crippen molar-refractivity contribution >= 4 is 29.0 Å². The van der Waals surface area contributed by atoms with Gasteiger partial charge in [-0.1, -0.05) is 60.7 Å². The number of piperidine rings is 1. The number of hydrogen-bond acceptors (Lipinski definition) is 4. The molecular weight excluding hydrogens is 524 g/mol. The summed E-state index contributed by atoms with van der Waals surface area (Å²) in [5.74, 6) is 1.18. The molecule has 1 saturated heterocycles. The molecule has 3 N–H and O–H groups in total. The fourth-order valence-corrected chi connectivity index (χ4v) is 5.42. The van der Waals surface area contributed by atoms with E-state index in [1.54, 1.807) is 37.4 Å². The topological polar surface area (TPSA) is 82.7 Å². The predicted octanol–water partition coefficient (Wildman–Crippen LogP) is 6.77. The molecular formula is C35H38N4O3. The van der Waals surface area contributed by atoms with Crippen LogP contribution in [0.5, 0.6) is 5.75 Å². The number of rotatable bonds is 10. The van der Waals surface area contributed by atoms with Gasteiger partial charge in [0, 0.05) is 36.7 Å². The van der Waals surface area contributed by atoms with Gasteiger partial charge in [-0.05, 0) is 85.2 Å². The highest BCUT2D eigenvalue weighted by molar-refractivity contribution is 6.04. The van der Waals surface area contributed by atoms with Crippen LogP contribution >= 0.6 is 0 Å². The molecule has 0 bridgehead atoms. The molecule has 7 nitrogen and oxygen atoms in total. The van der Waals surface area contributed by atoms with Gasteiger partial charge in [0.1, 0.15) is 5.75 Å². The highest BCUT2D eigenvalue weighted by atomic mass is 16.5. The molecule has 42 heavy (non-hydrogen) atoms. The van der Waals surface area contributed by atoms with Gasteiger partial charge in [0.15, 0.2) is 0 Å². The van der Waals surface area contributed by atoms with Crippen LogP contribution in [0.3, 0.4) is 0 Å². The first kappa shape index (κ1) is 28.7. The Bertz CT molecular complexity index is 1450. The molecule has 4 aromatic rings. The van der Waals surface area contributed by atoms with E-state index in [0.29, 0.717) is 35.2 Å². The van der Waals surface area contributed by atoms with Crippen molar-refractivity contribution < 1.29 is 14.3 Å². The number of amides is 3. The van der Waals surface area contributed by atoms with E-state index in [4.69, 9.17) is 4.74 Å². The van der Waals surface area contributed by atoms with E-state index in [0.717, 1.165) is 44.5 Å². The Hall–Kier alpha value is -4.78. The Morgan fingerprint density at radius 2 is 1.40 bits per heavy atom. The second-order valence-corrected chi connectivity index (χ2v) is 10.7. The van der Waals surface area contributed by atoms with E-state index in [-0.39, 0.29) is 11.9 Å². The van der Waals surface area contributed by atoms with Gasteiger partial charge in [0.2, 0.25) is 0 Å². The van der Waals surface area contributed by atoms with Gasteiger partial charge in [0.05, 0.1) is 12.7 Å². The van der Waals surface area contributed by atoms with Crippen LogP contribution in [-0.4, -0.2) is 38.7 Å². The summed E-state index contributed by atoms with van der Waals surface area (Å²) in [6, 6.07) is 33.1. The molecule has 1 aliphatic rings. The average Bonchev–Trinajstić information content (AvgIpc) is 3.03. The predicted molar refractivity (Wildman–Crippen MR) is 170 cm³/mol. The van der Waals surface area contributed by atoms with E-state index in [2.05, 4.69) is 63.3 Å². The van der Waals surface area contributed by atoms with Crippen molar-refractivity contribution in [2.75, 3.05) is 42.3 Å². The summed E-state index contributed by atoms with van der Waals surface area (Å²) >= 11 is 0. The maximum atomic E-state index is 13.5. The smallest absolute Gasteiger partial charge is 0.323 e. The third kappa shape index (κ3) is 7.91. The highest BCUT2D eigenvalue weighted by Gasteiger charge is 2.24. The molecule has 0 radical (unpaired) electrons. The third-order valence-electron chi connectivity index (χ3n) is 7.71. The Morgan fingerprint density at radius 3 is 2.07 bits per heavy atom. The minimum absolute atomic E-state index is 0.147. The normalized spacial score (nSPS) is 13.3. The van der Waals surface area contributed by atoms with Gasteiger partial charge in [-0.2, -0.15) is 0 Å². The quantitative estimate of drug-likeness (QED) is 0.199. The fourth-order valence-electron chi connectivity index (χ4n) is 5.42. The zero-order valence-electron chi connectivity index (χ0n) is 24.0. The third-order valence-corrected chi connectivity index (χ3v) is 7.71. The first-order valence-corrected chi connectivity index (χ1v) is 14.5. The van der Waals surface area contributed by atoms with E-state index in [9.17, 15) is 9.59 Å². The largest absolute Gasteiger partial charge is 0.497 e. The second-order valence-electron chi connectivity index (χ2n) is 10.7. The molecule has 5 rings (SSSR count). The molecule has 7 heteroatoms. The Balaban J connectivity index is 1.27. The van der Waals surface area contributed by atoms with Crippen molar-refractivity contribution in [1.29, 1.82) is 0 Å². The summed E-state index contributed by atoms with van der Waals surface area (Å²) in [6.45, 7) is 2.29. The molecule has 0 unspecified atom stereocenters. The summed E-state index contributed by atoms with van der Waals surface area (Å²) in [5.41, 5.74) is 5.19. The standard InChI is InChI=1S/C35H38N4O3/c1-42-31-15-12-29(13-16-31)37-35(41)38-30-14-17-33(32(25-30)34(40)36-21-18-26-8-4-2-5-9-26)39-22-19-28(20-23-39)24-27-10-6-3-7-11-27/h2-17,25,28H,18-24H2,1H3,(H,36,40)(H2,37,38,41). The van der Waals surface area contributed by atoms with Gasteiger partial charge in [-0.3, -0.25) is 4.79 Å². The number of methoxy groups -OCH3 is 1. The molecule has 216 valence electrons. The molecule has 1 heterocycles. The number of nitrogens with zero attached hydrogens (tertiary/aromatic N) is 1. The molecule has 4 aromatic carbocycles. The van der Waals surface area contributed by atoms with Gasteiger partial charge >= 0.3 is 6.03 Å². The van der Waals surface area contributed by atoms with E-state index in [1.807, 2.05) is 30.3 Å². The Morgan fingerprint density at radius 1 is 0.786 bits per heavy atom. The summed E-state index contributed by atoms with van der Waals surface area (Å²) in [5, 5.41) is 8.80. The van der Waals surface area contributed by atoms with Crippen molar-refractivity contribution in [3.8, 4) is 5.75 Å². The first-order valence-electron chi connectivity index (χ1n) is 14.5. The summed E-state index contributed by atoms with van der Waals surface area (Å²) in [7, 11) is 1.60.